The lowest BCUT2D eigenvalue weighted by atomic mass is 9.82. The highest BCUT2D eigenvalue weighted by atomic mass is 16.2. The quantitative estimate of drug-likeness (QED) is 0.778. The third-order valence-electron chi connectivity index (χ3n) is 5.95. The molecule has 4 bridgehead atoms. The predicted molar refractivity (Wildman–Crippen MR) is 104 cm³/mol. The van der Waals surface area contributed by atoms with Crippen molar-refractivity contribution in [2.75, 3.05) is 25.0 Å². The predicted octanol–water partition coefficient (Wildman–Crippen LogP) is 3.43. The van der Waals surface area contributed by atoms with Crippen LogP contribution in [-0.2, 0) is 11.2 Å². The van der Waals surface area contributed by atoms with Crippen molar-refractivity contribution < 1.29 is 4.79 Å². The molecular formula is C21H28N4O. The first-order valence-corrected chi connectivity index (χ1v) is 9.70. The number of rotatable bonds is 0. The third-order valence-corrected chi connectivity index (χ3v) is 5.95. The molecule has 4 rings (SSSR count). The molecule has 0 saturated carbocycles. The van der Waals surface area contributed by atoms with Crippen LogP contribution in [0, 0.1) is 11.3 Å². The second-order valence-corrected chi connectivity index (χ2v) is 8.61. The summed E-state index contributed by atoms with van der Waals surface area (Å²) < 4.78 is 0. The molecular weight excluding hydrogens is 324 g/mol. The van der Waals surface area contributed by atoms with Crippen LogP contribution in [0.25, 0.3) is 0 Å². The number of nitrogens with zero attached hydrogens (tertiary/aromatic N) is 3. The van der Waals surface area contributed by atoms with Gasteiger partial charge in [-0.2, -0.15) is 0 Å². The first-order valence-electron chi connectivity index (χ1n) is 9.70. The molecule has 0 saturated heterocycles. The van der Waals surface area contributed by atoms with Crippen LogP contribution in [0.2, 0.25) is 0 Å². The Morgan fingerprint density at radius 2 is 2.08 bits per heavy atom. The molecule has 0 aliphatic carbocycles. The highest BCUT2D eigenvalue weighted by Crippen LogP contribution is 2.33. The molecule has 1 unspecified atom stereocenters. The number of hydrogen-bond acceptors (Lipinski definition) is 4. The first-order chi connectivity index (χ1) is 12.4. The number of fused-ring (bicyclic) bond motifs is 3. The van der Waals surface area contributed by atoms with Gasteiger partial charge in [0.1, 0.15) is 11.7 Å². The van der Waals surface area contributed by atoms with Crippen molar-refractivity contribution >= 4 is 17.6 Å². The number of carbonyl (C=O) groups is 1. The Morgan fingerprint density at radius 3 is 2.92 bits per heavy atom. The molecule has 0 spiro atoms. The summed E-state index contributed by atoms with van der Waals surface area (Å²) >= 11 is 0. The number of nitrogens with one attached hydrogen (secondary N) is 1. The maximum absolute atomic E-state index is 13.1. The summed E-state index contributed by atoms with van der Waals surface area (Å²) in [6.45, 7) is 8.56. The van der Waals surface area contributed by atoms with Crippen molar-refractivity contribution in [1.29, 1.82) is 0 Å². The molecule has 1 aromatic heterocycles. The summed E-state index contributed by atoms with van der Waals surface area (Å²) in [4.78, 5) is 24.5. The first kappa shape index (κ1) is 17.3. The second-order valence-electron chi connectivity index (χ2n) is 8.61. The molecule has 0 radical (unpaired) electrons. The van der Waals surface area contributed by atoms with E-state index in [9.17, 15) is 4.79 Å². The molecule has 26 heavy (non-hydrogen) atoms. The average molecular weight is 352 g/mol. The summed E-state index contributed by atoms with van der Waals surface area (Å²) in [5.74, 6) is 2.59. The smallest absolute Gasteiger partial charge is 0.228 e. The molecule has 3 aliphatic rings. The van der Waals surface area contributed by atoms with E-state index in [4.69, 9.17) is 4.98 Å². The van der Waals surface area contributed by atoms with Crippen molar-refractivity contribution in [3.05, 3.63) is 35.0 Å². The summed E-state index contributed by atoms with van der Waals surface area (Å²) in [6.07, 6.45) is 4.07. The van der Waals surface area contributed by atoms with Crippen molar-refractivity contribution in [3.8, 4) is 0 Å². The van der Waals surface area contributed by atoms with Crippen molar-refractivity contribution in [3.63, 3.8) is 0 Å². The maximum atomic E-state index is 13.1. The number of pyridine rings is 1. The molecule has 0 aromatic carbocycles. The Morgan fingerprint density at radius 1 is 1.23 bits per heavy atom. The number of anilines is 1. The van der Waals surface area contributed by atoms with E-state index in [0.717, 1.165) is 49.6 Å². The van der Waals surface area contributed by atoms with Gasteiger partial charge in [-0.1, -0.05) is 26.8 Å². The van der Waals surface area contributed by atoms with E-state index < -0.39 is 0 Å². The van der Waals surface area contributed by atoms with Gasteiger partial charge < -0.3 is 10.2 Å². The molecule has 1 amide bonds. The van der Waals surface area contributed by atoms with Gasteiger partial charge in [0.05, 0.1) is 6.54 Å². The number of carbonyl (C=O) groups excluding carboxylic acids is 1. The van der Waals surface area contributed by atoms with Crippen LogP contribution in [0.15, 0.2) is 34.3 Å². The topological polar surface area (TPSA) is 57.6 Å². The van der Waals surface area contributed by atoms with Gasteiger partial charge in [-0.15, -0.1) is 0 Å². The molecule has 5 nitrogen and oxygen atoms in total. The molecule has 0 fully saturated rings. The highest BCUT2D eigenvalue weighted by molar-refractivity contribution is 6.11. The van der Waals surface area contributed by atoms with E-state index in [-0.39, 0.29) is 11.3 Å². The van der Waals surface area contributed by atoms with Gasteiger partial charge in [-0.05, 0) is 49.3 Å². The Bertz CT molecular complexity index is 793. The van der Waals surface area contributed by atoms with Crippen LogP contribution in [0.4, 0.5) is 5.82 Å². The van der Waals surface area contributed by atoms with Gasteiger partial charge >= 0.3 is 0 Å². The molecule has 5 heteroatoms. The van der Waals surface area contributed by atoms with E-state index in [2.05, 4.69) is 43.2 Å². The molecule has 1 N–H and O–H groups in total. The van der Waals surface area contributed by atoms with E-state index in [0.29, 0.717) is 19.0 Å². The zero-order chi connectivity index (χ0) is 18.3. The van der Waals surface area contributed by atoms with E-state index in [1.807, 2.05) is 11.0 Å². The molecule has 1 aromatic rings. The fourth-order valence-electron chi connectivity index (χ4n) is 4.09. The third kappa shape index (κ3) is 3.27. The van der Waals surface area contributed by atoms with E-state index in [1.165, 1.54) is 11.1 Å². The minimum Gasteiger partial charge on any atom is -0.334 e. The zero-order valence-electron chi connectivity index (χ0n) is 16.0. The Balaban J connectivity index is 1.63. The normalized spacial score (nSPS) is 25.5. The van der Waals surface area contributed by atoms with Gasteiger partial charge in [-0.3, -0.25) is 9.79 Å². The van der Waals surface area contributed by atoms with Crippen molar-refractivity contribution in [2.24, 2.45) is 16.3 Å². The monoisotopic (exact) mass is 352 g/mol. The number of aromatic nitrogens is 1. The fourth-order valence-corrected chi connectivity index (χ4v) is 4.09. The van der Waals surface area contributed by atoms with Gasteiger partial charge in [0, 0.05) is 29.8 Å². The lowest BCUT2D eigenvalue weighted by Gasteiger charge is -2.30. The van der Waals surface area contributed by atoms with Crippen LogP contribution in [0.5, 0.6) is 0 Å². The van der Waals surface area contributed by atoms with Crippen LogP contribution in [-0.4, -0.2) is 41.3 Å². The number of amides is 1. The van der Waals surface area contributed by atoms with E-state index in [1.54, 1.807) is 0 Å². The zero-order valence-corrected chi connectivity index (χ0v) is 16.0. The van der Waals surface area contributed by atoms with Crippen LogP contribution in [0.1, 0.15) is 45.7 Å². The van der Waals surface area contributed by atoms with Crippen LogP contribution < -0.4 is 5.32 Å². The summed E-state index contributed by atoms with van der Waals surface area (Å²) in [6, 6.07) is 6.15. The lowest BCUT2D eigenvalue weighted by Crippen LogP contribution is -2.41. The Kier molecular flexibility index (Phi) is 4.33. The number of hydrogen-bond donors (Lipinski definition) is 1. The number of aliphatic imine (C=N–C) groups is 1. The second kappa shape index (κ2) is 6.53. The van der Waals surface area contributed by atoms with Crippen molar-refractivity contribution in [2.45, 2.75) is 46.5 Å². The fraction of sp³-hybridized carbons (Fsp3) is 0.571. The summed E-state index contributed by atoms with van der Waals surface area (Å²) in [5.41, 5.74) is 3.26. The van der Waals surface area contributed by atoms with Gasteiger partial charge in [0.2, 0.25) is 5.91 Å². The number of aryl methyl sites for hydroxylation is 1. The van der Waals surface area contributed by atoms with Gasteiger partial charge in [0.25, 0.3) is 0 Å². The van der Waals surface area contributed by atoms with Gasteiger partial charge in [0.15, 0.2) is 0 Å². The number of amidine groups is 1. The summed E-state index contributed by atoms with van der Waals surface area (Å²) in [5, 5.41) is 3.40. The van der Waals surface area contributed by atoms with Crippen LogP contribution >= 0.6 is 0 Å². The van der Waals surface area contributed by atoms with Crippen molar-refractivity contribution in [1.82, 2.24) is 9.88 Å². The minimum atomic E-state index is -0.311. The SMILES string of the molecule is CC1CCc2cccc(n2)NC2=NCC3=C2CN(C3)C(=O)C(C)(C)CC1. The highest BCUT2D eigenvalue weighted by Gasteiger charge is 2.38. The minimum absolute atomic E-state index is 0.270. The molecule has 1 atom stereocenters. The Hall–Kier alpha value is -2.17. The van der Waals surface area contributed by atoms with Gasteiger partial charge in [-0.25, -0.2) is 4.98 Å². The van der Waals surface area contributed by atoms with Crippen LogP contribution in [0.3, 0.4) is 0 Å². The molecule has 4 heterocycles. The standard InChI is InChI=1S/C21H28N4O/c1-14-7-8-16-5-4-6-18(23-16)24-19-17-13-25(12-15(17)11-22-19)20(26)21(2,3)10-9-14/h4-6,14H,7-13H2,1-3H3,(H,22,23,24). The maximum Gasteiger partial charge on any atom is 0.228 e. The van der Waals surface area contributed by atoms with E-state index >= 15 is 0 Å². The largest absolute Gasteiger partial charge is 0.334 e. The Labute approximate surface area is 155 Å². The molecule has 3 aliphatic heterocycles. The lowest BCUT2D eigenvalue weighted by molar-refractivity contribution is -0.139. The summed E-state index contributed by atoms with van der Waals surface area (Å²) in [7, 11) is 0. The average Bonchev–Trinajstić information content (AvgIpc) is 3.19. The molecule has 138 valence electrons.